The highest BCUT2D eigenvalue weighted by molar-refractivity contribution is 5.80. The molecule has 1 saturated heterocycles. The minimum Gasteiger partial charge on any atom is -0.335 e. The zero-order valence-electron chi connectivity index (χ0n) is 12.9. The van der Waals surface area contributed by atoms with Crippen LogP contribution in [0.3, 0.4) is 0 Å². The van der Waals surface area contributed by atoms with Gasteiger partial charge in [0.15, 0.2) is 0 Å². The molecule has 4 atom stereocenters. The number of amides is 1. The number of aryl methyl sites for hydroxylation is 1. The van der Waals surface area contributed by atoms with Crippen molar-refractivity contribution >= 4 is 5.91 Å². The molecule has 0 N–H and O–H groups in total. The maximum absolute atomic E-state index is 13.0. The van der Waals surface area contributed by atoms with Gasteiger partial charge in [-0.1, -0.05) is 36.2 Å². The van der Waals surface area contributed by atoms with Crippen molar-refractivity contribution in [3.8, 4) is 0 Å². The number of carbonyl (C=O) groups excluding carboxylic acids is 1. The van der Waals surface area contributed by atoms with Gasteiger partial charge in [0.2, 0.25) is 5.91 Å². The Hall–Kier alpha value is -1.31. The van der Waals surface area contributed by atoms with Crippen molar-refractivity contribution in [3.63, 3.8) is 0 Å². The van der Waals surface area contributed by atoms with E-state index in [4.69, 9.17) is 0 Å². The fourth-order valence-electron chi connectivity index (χ4n) is 4.93. The van der Waals surface area contributed by atoms with Gasteiger partial charge in [-0.15, -0.1) is 0 Å². The third-order valence-electron chi connectivity index (χ3n) is 6.05. The van der Waals surface area contributed by atoms with Gasteiger partial charge in [0.05, 0.1) is 6.04 Å². The number of likely N-dealkylation sites (tertiary alicyclic amines) is 1. The van der Waals surface area contributed by atoms with Gasteiger partial charge >= 0.3 is 0 Å². The molecule has 0 radical (unpaired) electrons. The standard InChI is InChI=1S/C19H25NO/c1-13-4-7-15(8-5-13)18-3-2-10-20(18)19(21)17-12-14-6-9-16(17)11-14/h4-5,7-8,14,16-18H,2-3,6,9-12H2,1H3. The first kappa shape index (κ1) is 13.4. The summed E-state index contributed by atoms with van der Waals surface area (Å²) >= 11 is 0. The lowest BCUT2D eigenvalue weighted by atomic mass is 9.87. The van der Waals surface area contributed by atoms with E-state index in [0.717, 1.165) is 25.3 Å². The minimum absolute atomic E-state index is 0.331. The van der Waals surface area contributed by atoms with Gasteiger partial charge in [-0.3, -0.25) is 4.79 Å². The molecule has 0 spiro atoms. The molecular formula is C19H25NO. The Labute approximate surface area is 127 Å². The maximum atomic E-state index is 13.0. The summed E-state index contributed by atoms with van der Waals surface area (Å²) in [5, 5.41) is 0. The largest absolute Gasteiger partial charge is 0.335 e. The van der Waals surface area contributed by atoms with Crippen LogP contribution in [-0.2, 0) is 4.79 Å². The summed E-state index contributed by atoms with van der Waals surface area (Å²) in [5.41, 5.74) is 2.62. The van der Waals surface area contributed by atoms with Crippen LogP contribution in [0.1, 0.15) is 55.7 Å². The highest BCUT2D eigenvalue weighted by atomic mass is 16.2. The second-order valence-corrected chi connectivity index (χ2v) is 7.38. The summed E-state index contributed by atoms with van der Waals surface area (Å²) < 4.78 is 0. The fraction of sp³-hybridized carbons (Fsp3) is 0.632. The normalized spacial score (nSPS) is 34.6. The third-order valence-corrected chi connectivity index (χ3v) is 6.05. The first-order valence-corrected chi connectivity index (χ1v) is 8.59. The first-order chi connectivity index (χ1) is 10.2. The fourth-order valence-corrected chi connectivity index (χ4v) is 4.93. The lowest BCUT2D eigenvalue weighted by molar-refractivity contribution is -0.138. The van der Waals surface area contributed by atoms with Crippen molar-refractivity contribution in [1.82, 2.24) is 4.90 Å². The molecular weight excluding hydrogens is 258 g/mol. The smallest absolute Gasteiger partial charge is 0.226 e. The number of hydrogen-bond acceptors (Lipinski definition) is 1. The summed E-state index contributed by atoms with van der Waals surface area (Å²) in [6, 6.07) is 9.11. The van der Waals surface area contributed by atoms with Gasteiger partial charge < -0.3 is 4.90 Å². The van der Waals surface area contributed by atoms with E-state index in [-0.39, 0.29) is 0 Å². The van der Waals surface area contributed by atoms with Crippen LogP contribution in [0, 0.1) is 24.7 Å². The molecule has 2 bridgehead atoms. The Morgan fingerprint density at radius 3 is 2.57 bits per heavy atom. The van der Waals surface area contributed by atoms with Gasteiger partial charge in [-0.05, 0) is 56.4 Å². The molecule has 1 aromatic carbocycles. The number of nitrogens with zero attached hydrogens (tertiary/aromatic N) is 1. The van der Waals surface area contributed by atoms with Crippen LogP contribution in [-0.4, -0.2) is 17.4 Å². The molecule has 4 rings (SSSR count). The SMILES string of the molecule is Cc1ccc(C2CCCN2C(=O)C2CC3CCC2C3)cc1. The third kappa shape index (κ3) is 2.29. The van der Waals surface area contributed by atoms with Gasteiger partial charge in [-0.25, -0.2) is 0 Å². The van der Waals surface area contributed by atoms with E-state index in [9.17, 15) is 4.79 Å². The second-order valence-electron chi connectivity index (χ2n) is 7.38. The molecule has 1 aliphatic heterocycles. The van der Waals surface area contributed by atoms with Crippen LogP contribution in [0.15, 0.2) is 24.3 Å². The van der Waals surface area contributed by atoms with E-state index in [1.807, 2.05) is 0 Å². The van der Waals surface area contributed by atoms with Crippen molar-refractivity contribution < 1.29 is 4.79 Å². The Morgan fingerprint density at radius 2 is 1.90 bits per heavy atom. The first-order valence-electron chi connectivity index (χ1n) is 8.59. The molecule has 112 valence electrons. The van der Waals surface area contributed by atoms with Crippen LogP contribution in [0.2, 0.25) is 0 Å². The number of hydrogen-bond donors (Lipinski definition) is 0. The van der Waals surface area contributed by atoms with E-state index in [2.05, 4.69) is 36.1 Å². The molecule has 1 amide bonds. The molecule has 3 fully saturated rings. The maximum Gasteiger partial charge on any atom is 0.226 e. The molecule has 2 aliphatic carbocycles. The molecule has 4 unspecified atom stereocenters. The molecule has 3 aliphatic rings. The average molecular weight is 283 g/mol. The summed E-state index contributed by atoms with van der Waals surface area (Å²) in [7, 11) is 0. The van der Waals surface area contributed by atoms with Crippen LogP contribution in [0.25, 0.3) is 0 Å². The van der Waals surface area contributed by atoms with E-state index in [1.54, 1.807) is 0 Å². The predicted molar refractivity (Wildman–Crippen MR) is 83.8 cm³/mol. The summed E-state index contributed by atoms with van der Waals surface area (Å²) in [6.07, 6.45) is 7.45. The molecule has 1 aromatic rings. The number of fused-ring (bicyclic) bond motifs is 2. The summed E-state index contributed by atoms with van der Waals surface area (Å²) in [5.74, 6) is 2.35. The minimum atomic E-state index is 0.331. The lowest BCUT2D eigenvalue weighted by Gasteiger charge is -2.31. The quantitative estimate of drug-likeness (QED) is 0.800. The highest BCUT2D eigenvalue weighted by Gasteiger charge is 2.46. The Morgan fingerprint density at radius 1 is 1.10 bits per heavy atom. The van der Waals surface area contributed by atoms with E-state index >= 15 is 0 Å². The van der Waals surface area contributed by atoms with Crippen molar-refractivity contribution in [2.45, 2.75) is 51.5 Å². The van der Waals surface area contributed by atoms with Crippen LogP contribution < -0.4 is 0 Å². The average Bonchev–Trinajstić information content (AvgIpc) is 3.23. The van der Waals surface area contributed by atoms with Crippen LogP contribution in [0.5, 0.6) is 0 Å². The topological polar surface area (TPSA) is 20.3 Å². The van der Waals surface area contributed by atoms with Gasteiger partial charge in [-0.2, -0.15) is 0 Å². The number of rotatable bonds is 2. The Balaban J connectivity index is 1.53. The molecule has 21 heavy (non-hydrogen) atoms. The van der Waals surface area contributed by atoms with Crippen molar-refractivity contribution in [2.24, 2.45) is 17.8 Å². The van der Waals surface area contributed by atoms with Crippen molar-refractivity contribution in [2.75, 3.05) is 6.54 Å². The van der Waals surface area contributed by atoms with Crippen LogP contribution >= 0.6 is 0 Å². The van der Waals surface area contributed by atoms with E-state index in [1.165, 1.54) is 36.8 Å². The predicted octanol–water partition coefficient (Wildman–Crippen LogP) is 4.09. The lowest BCUT2D eigenvalue weighted by Crippen LogP contribution is -2.37. The zero-order valence-corrected chi connectivity index (χ0v) is 12.9. The molecule has 2 nitrogen and oxygen atoms in total. The van der Waals surface area contributed by atoms with E-state index in [0.29, 0.717) is 23.8 Å². The second kappa shape index (κ2) is 5.15. The van der Waals surface area contributed by atoms with Crippen LogP contribution in [0.4, 0.5) is 0 Å². The molecule has 2 saturated carbocycles. The van der Waals surface area contributed by atoms with Crippen molar-refractivity contribution in [3.05, 3.63) is 35.4 Å². The summed E-state index contributed by atoms with van der Waals surface area (Å²) in [6.45, 7) is 3.09. The van der Waals surface area contributed by atoms with Gasteiger partial charge in [0.1, 0.15) is 0 Å². The summed E-state index contributed by atoms with van der Waals surface area (Å²) in [4.78, 5) is 15.2. The Kier molecular flexibility index (Phi) is 3.28. The Bertz CT molecular complexity index is 535. The highest BCUT2D eigenvalue weighted by Crippen LogP contribution is 2.50. The van der Waals surface area contributed by atoms with Gasteiger partial charge in [0.25, 0.3) is 0 Å². The molecule has 0 aromatic heterocycles. The monoisotopic (exact) mass is 283 g/mol. The molecule has 2 heteroatoms. The molecule has 1 heterocycles. The van der Waals surface area contributed by atoms with E-state index < -0.39 is 0 Å². The van der Waals surface area contributed by atoms with Crippen molar-refractivity contribution in [1.29, 1.82) is 0 Å². The zero-order chi connectivity index (χ0) is 14.4. The number of carbonyl (C=O) groups is 1. The van der Waals surface area contributed by atoms with Gasteiger partial charge in [0, 0.05) is 12.5 Å². The number of benzene rings is 1.